The number of hydrogen-bond donors (Lipinski definition) is 0. The zero-order valence-electron chi connectivity index (χ0n) is 9.36. The Morgan fingerprint density at radius 2 is 1.79 bits per heavy atom. The van der Waals surface area contributed by atoms with E-state index in [-0.39, 0.29) is 12.8 Å². The van der Waals surface area contributed by atoms with Crippen molar-refractivity contribution in [3.05, 3.63) is 12.2 Å². The zero-order chi connectivity index (χ0) is 10.9. The lowest BCUT2D eigenvalue weighted by Gasteiger charge is -2.14. The van der Waals surface area contributed by atoms with Crippen molar-refractivity contribution in [3.63, 3.8) is 0 Å². The number of halogens is 2. The van der Waals surface area contributed by atoms with Gasteiger partial charge in [-0.2, -0.15) is 0 Å². The largest absolute Gasteiger partial charge is 0.248 e. The molecule has 0 aromatic heterocycles. The third-order valence-electron chi connectivity index (χ3n) is 2.26. The van der Waals surface area contributed by atoms with Crippen LogP contribution in [0.2, 0.25) is 0 Å². The van der Waals surface area contributed by atoms with E-state index in [1.165, 1.54) is 0 Å². The molecule has 0 saturated heterocycles. The van der Waals surface area contributed by atoms with Gasteiger partial charge in [-0.25, -0.2) is 8.78 Å². The van der Waals surface area contributed by atoms with E-state index < -0.39 is 5.92 Å². The van der Waals surface area contributed by atoms with Gasteiger partial charge in [0, 0.05) is 12.8 Å². The smallest absolute Gasteiger partial charge is 0.207 e. The molecule has 0 aromatic carbocycles. The Hall–Kier alpha value is -0.400. The first-order chi connectivity index (χ1) is 6.62. The Morgan fingerprint density at radius 1 is 1.07 bits per heavy atom. The van der Waals surface area contributed by atoms with Crippen molar-refractivity contribution in [3.8, 4) is 0 Å². The lowest BCUT2D eigenvalue weighted by atomic mass is 10.0. The number of rotatable bonds is 8. The Balaban J connectivity index is 3.34. The predicted octanol–water partition coefficient (Wildman–Crippen LogP) is 4.95. The van der Waals surface area contributed by atoms with Crippen molar-refractivity contribution < 1.29 is 8.78 Å². The molecule has 0 radical (unpaired) electrons. The normalized spacial score (nSPS) is 12.6. The van der Waals surface area contributed by atoms with Crippen LogP contribution in [0.25, 0.3) is 0 Å². The molecular weight excluding hydrogens is 182 g/mol. The Labute approximate surface area is 86.4 Å². The van der Waals surface area contributed by atoms with Crippen LogP contribution in [0.4, 0.5) is 8.78 Å². The van der Waals surface area contributed by atoms with Crippen LogP contribution in [0.1, 0.15) is 58.8 Å². The highest BCUT2D eigenvalue weighted by atomic mass is 19.3. The minimum Gasteiger partial charge on any atom is -0.207 e. The van der Waals surface area contributed by atoms with Crippen LogP contribution in [0.3, 0.4) is 0 Å². The summed E-state index contributed by atoms with van der Waals surface area (Å²) in [6.45, 7) is 3.79. The van der Waals surface area contributed by atoms with Gasteiger partial charge in [0.15, 0.2) is 0 Å². The molecule has 0 nitrogen and oxygen atoms in total. The molecule has 0 unspecified atom stereocenters. The van der Waals surface area contributed by atoms with Gasteiger partial charge in [0.2, 0.25) is 5.92 Å². The van der Waals surface area contributed by atoms with Crippen LogP contribution >= 0.6 is 0 Å². The maximum atomic E-state index is 13.0. The Kier molecular flexibility index (Phi) is 7.73. The maximum Gasteiger partial charge on any atom is 0.248 e. The summed E-state index contributed by atoms with van der Waals surface area (Å²) < 4.78 is 26.0. The SMILES string of the molecule is CC=CCCCCCC(F)(F)CCC. The minimum atomic E-state index is -2.42. The van der Waals surface area contributed by atoms with Crippen LogP contribution in [0.5, 0.6) is 0 Å². The highest BCUT2D eigenvalue weighted by molar-refractivity contribution is 4.76. The fourth-order valence-electron chi connectivity index (χ4n) is 1.48. The summed E-state index contributed by atoms with van der Waals surface area (Å²) in [5.41, 5.74) is 0. The summed E-state index contributed by atoms with van der Waals surface area (Å²) in [6, 6.07) is 0. The van der Waals surface area contributed by atoms with E-state index in [1.807, 2.05) is 13.0 Å². The molecule has 0 heterocycles. The molecule has 0 N–H and O–H groups in total. The van der Waals surface area contributed by atoms with Crippen molar-refractivity contribution in [1.82, 2.24) is 0 Å². The number of alkyl halides is 2. The third-order valence-corrected chi connectivity index (χ3v) is 2.26. The molecule has 0 saturated carbocycles. The highest BCUT2D eigenvalue weighted by Gasteiger charge is 2.26. The lowest BCUT2D eigenvalue weighted by molar-refractivity contribution is -0.0189. The van der Waals surface area contributed by atoms with Crippen LogP contribution in [0, 0.1) is 0 Å². The minimum absolute atomic E-state index is 0.0435. The zero-order valence-corrected chi connectivity index (χ0v) is 9.36. The first kappa shape index (κ1) is 13.6. The van der Waals surface area contributed by atoms with Crippen LogP contribution in [-0.2, 0) is 0 Å². The second kappa shape index (κ2) is 7.95. The summed E-state index contributed by atoms with van der Waals surface area (Å²) in [7, 11) is 0. The quantitative estimate of drug-likeness (QED) is 0.387. The molecule has 0 rings (SSSR count). The van der Waals surface area contributed by atoms with E-state index in [0.29, 0.717) is 12.8 Å². The van der Waals surface area contributed by atoms with Gasteiger partial charge in [0.05, 0.1) is 0 Å². The Morgan fingerprint density at radius 3 is 2.36 bits per heavy atom. The summed E-state index contributed by atoms with van der Waals surface area (Å²) in [5, 5.41) is 0. The summed E-state index contributed by atoms with van der Waals surface area (Å²) in [6.07, 6.45) is 8.41. The second-order valence-electron chi connectivity index (χ2n) is 3.77. The van der Waals surface area contributed by atoms with Gasteiger partial charge in [-0.15, -0.1) is 0 Å². The first-order valence-electron chi connectivity index (χ1n) is 5.61. The van der Waals surface area contributed by atoms with Gasteiger partial charge >= 0.3 is 0 Å². The van der Waals surface area contributed by atoms with Crippen molar-refractivity contribution in [2.24, 2.45) is 0 Å². The molecule has 0 aromatic rings. The van der Waals surface area contributed by atoms with Crippen molar-refractivity contribution in [2.45, 2.75) is 64.7 Å². The van der Waals surface area contributed by atoms with E-state index in [0.717, 1.165) is 19.3 Å². The molecule has 0 fully saturated rings. The molecule has 84 valence electrons. The molecule has 0 bridgehead atoms. The van der Waals surface area contributed by atoms with E-state index in [2.05, 4.69) is 6.08 Å². The molecule has 0 amide bonds. The van der Waals surface area contributed by atoms with Crippen molar-refractivity contribution in [2.75, 3.05) is 0 Å². The fraction of sp³-hybridized carbons (Fsp3) is 0.833. The topological polar surface area (TPSA) is 0 Å². The molecule has 14 heavy (non-hydrogen) atoms. The van der Waals surface area contributed by atoms with Gasteiger partial charge in [-0.05, 0) is 26.2 Å². The molecule has 2 heteroatoms. The molecular formula is C12H22F2. The summed E-state index contributed by atoms with van der Waals surface area (Å²) in [4.78, 5) is 0. The van der Waals surface area contributed by atoms with Gasteiger partial charge in [0.25, 0.3) is 0 Å². The van der Waals surface area contributed by atoms with E-state index >= 15 is 0 Å². The van der Waals surface area contributed by atoms with Crippen molar-refractivity contribution in [1.29, 1.82) is 0 Å². The standard InChI is InChI=1S/C12H22F2/c1-3-5-6-7-8-9-11-12(13,14)10-4-2/h3,5H,4,6-11H2,1-2H3. The van der Waals surface area contributed by atoms with Gasteiger partial charge in [0.1, 0.15) is 0 Å². The van der Waals surface area contributed by atoms with Crippen LogP contribution < -0.4 is 0 Å². The van der Waals surface area contributed by atoms with Gasteiger partial charge in [-0.3, -0.25) is 0 Å². The summed E-state index contributed by atoms with van der Waals surface area (Å²) in [5.74, 6) is -2.42. The number of allylic oxidation sites excluding steroid dienone is 2. The van der Waals surface area contributed by atoms with E-state index in [4.69, 9.17) is 0 Å². The van der Waals surface area contributed by atoms with Crippen molar-refractivity contribution >= 4 is 0 Å². The lowest BCUT2D eigenvalue weighted by Crippen LogP contribution is -2.14. The monoisotopic (exact) mass is 204 g/mol. The first-order valence-corrected chi connectivity index (χ1v) is 5.61. The van der Waals surface area contributed by atoms with Gasteiger partial charge < -0.3 is 0 Å². The average Bonchev–Trinajstić information content (AvgIpc) is 2.11. The summed E-state index contributed by atoms with van der Waals surface area (Å²) >= 11 is 0. The molecule has 0 spiro atoms. The van der Waals surface area contributed by atoms with Crippen LogP contribution in [0.15, 0.2) is 12.2 Å². The molecule has 0 aliphatic carbocycles. The average molecular weight is 204 g/mol. The van der Waals surface area contributed by atoms with Gasteiger partial charge in [-0.1, -0.05) is 31.9 Å². The van der Waals surface area contributed by atoms with E-state index in [9.17, 15) is 8.78 Å². The number of hydrogen-bond acceptors (Lipinski definition) is 0. The molecule has 0 atom stereocenters. The van der Waals surface area contributed by atoms with E-state index in [1.54, 1.807) is 6.92 Å². The molecule has 0 aliphatic rings. The third kappa shape index (κ3) is 8.21. The second-order valence-corrected chi connectivity index (χ2v) is 3.77. The highest BCUT2D eigenvalue weighted by Crippen LogP contribution is 2.26. The van der Waals surface area contributed by atoms with Crippen LogP contribution in [-0.4, -0.2) is 5.92 Å². The number of unbranched alkanes of at least 4 members (excludes halogenated alkanes) is 3. The molecule has 0 aliphatic heterocycles. The maximum absolute atomic E-state index is 13.0. The Bertz CT molecular complexity index is 150. The fourth-order valence-corrected chi connectivity index (χ4v) is 1.48. The predicted molar refractivity (Wildman–Crippen MR) is 57.8 cm³/mol.